The van der Waals surface area contributed by atoms with E-state index in [9.17, 15) is 9.59 Å². The van der Waals surface area contributed by atoms with Crippen LogP contribution in [0.1, 0.15) is 43.7 Å². The number of carbonyl (C=O) groups is 2. The first-order valence-corrected chi connectivity index (χ1v) is 8.68. The number of carbonyl (C=O) groups excluding carboxylic acids is 2. The van der Waals surface area contributed by atoms with Crippen LogP contribution in [-0.2, 0) is 9.59 Å². The quantitative estimate of drug-likeness (QED) is 0.842. The van der Waals surface area contributed by atoms with Gasteiger partial charge in [0, 0.05) is 24.7 Å². The SMILES string of the molecule is Cc1cccc(N2CCN(C(=O)C3CCCC3)C(C)C2=O)c1C. The molecule has 1 unspecified atom stereocenters. The van der Waals surface area contributed by atoms with E-state index in [1.165, 1.54) is 5.56 Å². The van der Waals surface area contributed by atoms with Gasteiger partial charge in [-0.15, -0.1) is 0 Å². The predicted molar refractivity (Wildman–Crippen MR) is 91.4 cm³/mol. The molecule has 0 aromatic heterocycles. The van der Waals surface area contributed by atoms with E-state index < -0.39 is 0 Å². The fourth-order valence-electron chi connectivity index (χ4n) is 3.85. The van der Waals surface area contributed by atoms with Crippen LogP contribution in [0.5, 0.6) is 0 Å². The molecule has 1 saturated carbocycles. The fraction of sp³-hybridized carbons (Fsp3) is 0.579. The van der Waals surface area contributed by atoms with Crippen molar-refractivity contribution in [3.8, 4) is 0 Å². The maximum absolute atomic E-state index is 12.9. The molecule has 3 rings (SSSR count). The van der Waals surface area contributed by atoms with Gasteiger partial charge in [-0.25, -0.2) is 0 Å². The molecular formula is C19H26N2O2. The van der Waals surface area contributed by atoms with E-state index in [1.54, 1.807) is 4.90 Å². The lowest BCUT2D eigenvalue weighted by Crippen LogP contribution is -2.58. The van der Waals surface area contributed by atoms with Crippen molar-refractivity contribution in [1.82, 2.24) is 4.90 Å². The van der Waals surface area contributed by atoms with Crippen molar-refractivity contribution >= 4 is 17.5 Å². The summed E-state index contributed by atoms with van der Waals surface area (Å²) in [6.07, 6.45) is 4.25. The molecule has 2 fully saturated rings. The first-order chi connectivity index (χ1) is 11.0. The lowest BCUT2D eigenvalue weighted by atomic mass is 10.0. The summed E-state index contributed by atoms with van der Waals surface area (Å²) < 4.78 is 0. The van der Waals surface area contributed by atoms with Crippen LogP contribution >= 0.6 is 0 Å². The van der Waals surface area contributed by atoms with Crippen LogP contribution in [0.4, 0.5) is 5.69 Å². The highest BCUT2D eigenvalue weighted by Crippen LogP contribution is 2.30. The smallest absolute Gasteiger partial charge is 0.249 e. The van der Waals surface area contributed by atoms with Crippen molar-refractivity contribution in [2.24, 2.45) is 5.92 Å². The van der Waals surface area contributed by atoms with Crippen molar-refractivity contribution in [2.45, 2.75) is 52.5 Å². The second-order valence-corrected chi connectivity index (χ2v) is 6.90. The Morgan fingerprint density at radius 2 is 1.83 bits per heavy atom. The van der Waals surface area contributed by atoms with Gasteiger partial charge in [-0.2, -0.15) is 0 Å². The summed E-state index contributed by atoms with van der Waals surface area (Å²) in [5, 5.41) is 0. The minimum Gasteiger partial charge on any atom is -0.329 e. The Morgan fingerprint density at radius 3 is 2.52 bits per heavy atom. The molecule has 2 amide bonds. The Bertz CT molecular complexity index is 620. The van der Waals surface area contributed by atoms with Crippen LogP contribution in [0, 0.1) is 19.8 Å². The van der Waals surface area contributed by atoms with Crippen molar-refractivity contribution in [3.63, 3.8) is 0 Å². The standard InChI is InChI=1S/C19H26N2O2/c1-13-7-6-10-17(14(13)2)21-12-11-20(15(3)18(21)22)19(23)16-8-4-5-9-16/h6-7,10,15-16H,4-5,8-9,11-12H2,1-3H3. The summed E-state index contributed by atoms with van der Waals surface area (Å²) >= 11 is 0. The Hall–Kier alpha value is -1.84. The van der Waals surface area contributed by atoms with Gasteiger partial charge in [0.25, 0.3) is 0 Å². The normalized spacial score (nSPS) is 22.7. The van der Waals surface area contributed by atoms with Gasteiger partial charge in [-0.1, -0.05) is 25.0 Å². The molecule has 0 radical (unpaired) electrons. The Labute approximate surface area is 138 Å². The summed E-state index contributed by atoms with van der Waals surface area (Å²) in [7, 11) is 0. The van der Waals surface area contributed by atoms with Gasteiger partial charge in [0.05, 0.1) is 0 Å². The fourth-order valence-corrected chi connectivity index (χ4v) is 3.85. The second-order valence-electron chi connectivity index (χ2n) is 6.90. The average Bonchev–Trinajstić information content (AvgIpc) is 3.07. The highest BCUT2D eigenvalue weighted by atomic mass is 16.2. The molecule has 0 bridgehead atoms. The van der Waals surface area contributed by atoms with Gasteiger partial charge in [-0.05, 0) is 50.8 Å². The Morgan fingerprint density at radius 1 is 1.13 bits per heavy atom. The van der Waals surface area contributed by atoms with Crippen LogP contribution in [-0.4, -0.2) is 35.8 Å². The Kier molecular flexibility index (Phi) is 4.42. The van der Waals surface area contributed by atoms with Crippen molar-refractivity contribution in [1.29, 1.82) is 0 Å². The molecule has 0 spiro atoms. The van der Waals surface area contributed by atoms with Gasteiger partial charge >= 0.3 is 0 Å². The third kappa shape index (κ3) is 2.87. The first-order valence-electron chi connectivity index (χ1n) is 8.68. The molecule has 2 aliphatic rings. The number of benzene rings is 1. The lowest BCUT2D eigenvalue weighted by molar-refractivity contribution is -0.143. The Balaban J connectivity index is 1.78. The minimum atomic E-state index is -0.364. The topological polar surface area (TPSA) is 40.6 Å². The molecule has 1 saturated heterocycles. The van der Waals surface area contributed by atoms with Crippen molar-refractivity contribution in [3.05, 3.63) is 29.3 Å². The molecule has 4 heteroatoms. The summed E-state index contributed by atoms with van der Waals surface area (Å²) in [6, 6.07) is 5.69. The summed E-state index contributed by atoms with van der Waals surface area (Å²) in [4.78, 5) is 29.2. The number of hydrogen-bond donors (Lipinski definition) is 0. The van der Waals surface area contributed by atoms with E-state index in [2.05, 4.69) is 19.9 Å². The summed E-state index contributed by atoms with van der Waals surface area (Å²) in [5.41, 5.74) is 3.31. The molecular weight excluding hydrogens is 288 g/mol. The van der Waals surface area contributed by atoms with Crippen molar-refractivity contribution < 1.29 is 9.59 Å². The zero-order valence-corrected chi connectivity index (χ0v) is 14.3. The second kappa shape index (κ2) is 6.34. The van der Waals surface area contributed by atoms with E-state index in [0.717, 1.165) is 36.9 Å². The highest BCUT2D eigenvalue weighted by Gasteiger charge is 2.38. The third-order valence-corrected chi connectivity index (χ3v) is 5.51. The maximum atomic E-state index is 12.9. The number of aryl methyl sites for hydroxylation is 1. The first kappa shape index (κ1) is 16.0. The van der Waals surface area contributed by atoms with Crippen molar-refractivity contribution in [2.75, 3.05) is 18.0 Å². The summed E-state index contributed by atoms with van der Waals surface area (Å²) in [5.74, 6) is 0.359. The van der Waals surface area contributed by atoms with Crippen LogP contribution < -0.4 is 4.90 Å². The van der Waals surface area contributed by atoms with E-state index in [1.807, 2.05) is 24.0 Å². The highest BCUT2D eigenvalue weighted by molar-refractivity contribution is 6.01. The molecule has 4 nitrogen and oxygen atoms in total. The van der Waals surface area contributed by atoms with E-state index in [0.29, 0.717) is 13.1 Å². The largest absolute Gasteiger partial charge is 0.329 e. The van der Waals surface area contributed by atoms with Crippen LogP contribution in [0.15, 0.2) is 18.2 Å². The number of piperazine rings is 1. The lowest BCUT2D eigenvalue weighted by Gasteiger charge is -2.40. The third-order valence-electron chi connectivity index (χ3n) is 5.51. The molecule has 1 aromatic rings. The van der Waals surface area contributed by atoms with Gasteiger partial charge in [0.15, 0.2) is 0 Å². The number of hydrogen-bond acceptors (Lipinski definition) is 2. The maximum Gasteiger partial charge on any atom is 0.249 e. The van der Waals surface area contributed by atoms with Crippen LogP contribution in [0.2, 0.25) is 0 Å². The van der Waals surface area contributed by atoms with Gasteiger partial charge in [0.2, 0.25) is 11.8 Å². The van der Waals surface area contributed by atoms with E-state index >= 15 is 0 Å². The molecule has 124 valence electrons. The van der Waals surface area contributed by atoms with Gasteiger partial charge < -0.3 is 9.80 Å². The number of anilines is 1. The van der Waals surface area contributed by atoms with Gasteiger partial charge in [0.1, 0.15) is 6.04 Å². The van der Waals surface area contributed by atoms with Crippen LogP contribution in [0.3, 0.4) is 0 Å². The van der Waals surface area contributed by atoms with Gasteiger partial charge in [-0.3, -0.25) is 9.59 Å². The van der Waals surface area contributed by atoms with E-state index in [4.69, 9.17) is 0 Å². The van der Waals surface area contributed by atoms with Crippen LogP contribution in [0.25, 0.3) is 0 Å². The zero-order chi connectivity index (χ0) is 16.6. The molecule has 1 aliphatic carbocycles. The monoisotopic (exact) mass is 314 g/mol. The number of rotatable bonds is 2. The molecule has 1 atom stereocenters. The molecule has 1 aliphatic heterocycles. The minimum absolute atomic E-state index is 0.0382. The summed E-state index contributed by atoms with van der Waals surface area (Å²) in [6.45, 7) is 7.21. The molecule has 0 N–H and O–H groups in total. The average molecular weight is 314 g/mol. The predicted octanol–water partition coefficient (Wildman–Crippen LogP) is 3.06. The number of nitrogens with zero attached hydrogens (tertiary/aromatic N) is 2. The molecule has 23 heavy (non-hydrogen) atoms. The molecule has 1 aromatic carbocycles. The van der Waals surface area contributed by atoms with E-state index in [-0.39, 0.29) is 23.8 Å². The number of amides is 2. The zero-order valence-electron chi connectivity index (χ0n) is 14.3. The molecule has 1 heterocycles.